The van der Waals surface area contributed by atoms with Crippen molar-refractivity contribution >= 4 is 15.9 Å². The SMILES string of the molecule is BrCCCCCCCCCN1Cc2ccccc2C1. The number of fused-ring (bicyclic) bond motifs is 1. The number of unbranched alkanes of at least 4 members (excludes halogenated alkanes) is 6. The fraction of sp³-hybridized carbons (Fsp3) is 0.647. The second-order valence-electron chi connectivity index (χ2n) is 5.64. The van der Waals surface area contributed by atoms with Crippen LogP contribution in [0.2, 0.25) is 0 Å². The van der Waals surface area contributed by atoms with Gasteiger partial charge < -0.3 is 0 Å². The van der Waals surface area contributed by atoms with Gasteiger partial charge in [0.2, 0.25) is 0 Å². The van der Waals surface area contributed by atoms with Gasteiger partial charge >= 0.3 is 0 Å². The zero-order chi connectivity index (χ0) is 13.3. The minimum atomic E-state index is 1.17. The zero-order valence-corrected chi connectivity index (χ0v) is 13.5. The van der Waals surface area contributed by atoms with Gasteiger partial charge in [-0.1, -0.05) is 72.3 Å². The van der Waals surface area contributed by atoms with Gasteiger partial charge in [-0.3, -0.25) is 4.90 Å². The minimum absolute atomic E-state index is 1.17. The van der Waals surface area contributed by atoms with E-state index in [2.05, 4.69) is 45.1 Å². The Hall–Kier alpha value is -0.340. The van der Waals surface area contributed by atoms with Crippen molar-refractivity contribution in [3.05, 3.63) is 35.4 Å². The molecule has 0 unspecified atom stereocenters. The summed E-state index contributed by atoms with van der Waals surface area (Å²) in [5, 5.41) is 1.17. The largest absolute Gasteiger partial charge is 0.295 e. The highest BCUT2D eigenvalue weighted by Crippen LogP contribution is 2.22. The summed E-state index contributed by atoms with van der Waals surface area (Å²) in [6, 6.07) is 8.88. The van der Waals surface area contributed by atoms with Gasteiger partial charge in [0.15, 0.2) is 0 Å². The average Bonchev–Trinajstić information content (AvgIpc) is 2.84. The molecule has 0 spiro atoms. The van der Waals surface area contributed by atoms with Crippen LogP contribution >= 0.6 is 15.9 Å². The van der Waals surface area contributed by atoms with E-state index in [-0.39, 0.29) is 0 Å². The first kappa shape index (κ1) is 15.1. The van der Waals surface area contributed by atoms with Crippen LogP contribution in [0.25, 0.3) is 0 Å². The van der Waals surface area contributed by atoms with Crippen molar-refractivity contribution in [1.82, 2.24) is 4.90 Å². The molecule has 0 bridgehead atoms. The molecule has 19 heavy (non-hydrogen) atoms. The zero-order valence-electron chi connectivity index (χ0n) is 11.9. The van der Waals surface area contributed by atoms with E-state index in [0.717, 1.165) is 0 Å². The summed E-state index contributed by atoms with van der Waals surface area (Å²) in [5.74, 6) is 0. The molecule has 1 nitrogen and oxygen atoms in total. The van der Waals surface area contributed by atoms with Crippen LogP contribution in [0.5, 0.6) is 0 Å². The quantitative estimate of drug-likeness (QED) is 0.450. The van der Waals surface area contributed by atoms with Gasteiger partial charge in [0.05, 0.1) is 0 Å². The summed E-state index contributed by atoms with van der Waals surface area (Å²) in [5.41, 5.74) is 3.08. The first-order chi connectivity index (χ1) is 9.40. The van der Waals surface area contributed by atoms with E-state index >= 15 is 0 Å². The Kier molecular flexibility index (Phi) is 6.94. The second kappa shape index (κ2) is 8.76. The lowest BCUT2D eigenvalue weighted by molar-refractivity contribution is 0.276. The molecular weight excluding hydrogens is 298 g/mol. The fourth-order valence-corrected chi connectivity index (χ4v) is 3.27. The molecule has 0 fully saturated rings. The van der Waals surface area contributed by atoms with Crippen LogP contribution in [0, 0.1) is 0 Å². The van der Waals surface area contributed by atoms with Crippen LogP contribution in [-0.2, 0) is 13.1 Å². The molecule has 0 N–H and O–H groups in total. The summed E-state index contributed by atoms with van der Waals surface area (Å²) < 4.78 is 0. The van der Waals surface area contributed by atoms with Crippen LogP contribution in [0.1, 0.15) is 56.1 Å². The number of benzene rings is 1. The molecule has 0 amide bonds. The Bertz CT molecular complexity index is 339. The molecule has 0 saturated heterocycles. The van der Waals surface area contributed by atoms with Gasteiger partial charge in [0, 0.05) is 18.4 Å². The number of rotatable bonds is 9. The van der Waals surface area contributed by atoms with Crippen LogP contribution in [0.4, 0.5) is 0 Å². The van der Waals surface area contributed by atoms with Crippen LogP contribution in [-0.4, -0.2) is 16.8 Å². The summed E-state index contributed by atoms with van der Waals surface area (Å²) >= 11 is 3.49. The number of hydrogen-bond acceptors (Lipinski definition) is 1. The Morgan fingerprint density at radius 2 is 1.32 bits per heavy atom. The molecule has 2 rings (SSSR count). The van der Waals surface area contributed by atoms with Gasteiger partial charge in [0.25, 0.3) is 0 Å². The van der Waals surface area contributed by atoms with E-state index in [1.807, 2.05) is 0 Å². The predicted octanol–water partition coefficient (Wildman–Crippen LogP) is 5.13. The Balaban J connectivity index is 1.49. The van der Waals surface area contributed by atoms with Gasteiger partial charge in [-0.15, -0.1) is 0 Å². The molecule has 1 heterocycles. The first-order valence-corrected chi connectivity index (χ1v) is 8.87. The molecule has 1 aliphatic rings. The van der Waals surface area contributed by atoms with Gasteiger partial charge in [-0.25, -0.2) is 0 Å². The third kappa shape index (κ3) is 5.27. The lowest BCUT2D eigenvalue weighted by Gasteiger charge is -2.14. The summed E-state index contributed by atoms with van der Waals surface area (Å²) in [6.07, 6.45) is 9.77. The van der Waals surface area contributed by atoms with Crippen molar-refractivity contribution in [2.24, 2.45) is 0 Å². The highest BCUT2D eigenvalue weighted by atomic mass is 79.9. The average molecular weight is 324 g/mol. The Morgan fingerprint density at radius 1 is 0.789 bits per heavy atom. The van der Waals surface area contributed by atoms with Crippen molar-refractivity contribution in [3.8, 4) is 0 Å². The maximum atomic E-state index is 3.49. The molecule has 0 atom stereocenters. The van der Waals surface area contributed by atoms with E-state index in [4.69, 9.17) is 0 Å². The third-order valence-corrected chi connectivity index (χ3v) is 4.57. The lowest BCUT2D eigenvalue weighted by atomic mass is 10.1. The smallest absolute Gasteiger partial charge is 0.0240 e. The highest BCUT2D eigenvalue weighted by Gasteiger charge is 2.16. The summed E-state index contributed by atoms with van der Waals surface area (Å²) in [4.78, 5) is 2.59. The molecule has 1 aliphatic heterocycles. The lowest BCUT2D eigenvalue weighted by Crippen LogP contribution is -2.17. The van der Waals surface area contributed by atoms with Crippen molar-refractivity contribution in [2.75, 3.05) is 11.9 Å². The van der Waals surface area contributed by atoms with Crippen LogP contribution in [0.3, 0.4) is 0 Å². The fourth-order valence-electron chi connectivity index (χ4n) is 2.88. The molecule has 1 aromatic rings. The standard InChI is InChI=1S/C17H26BrN/c18-12-8-4-2-1-3-5-9-13-19-14-16-10-6-7-11-17(16)15-19/h6-7,10-11H,1-5,8-9,12-15H2. The summed E-state index contributed by atoms with van der Waals surface area (Å²) in [6.45, 7) is 3.61. The predicted molar refractivity (Wildman–Crippen MR) is 86.7 cm³/mol. The minimum Gasteiger partial charge on any atom is -0.295 e. The van der Waals surface area contributed by atoms with Crippen molar-refractivity contribution in [3.63, 3.8) is 0 Å². The van der Waals surface area contributed by atoms with Crippen LogP contribution < -0.4 is 0 Å². The van der Waals surface area contributed by atoms with E-state index in [0.29, 0.717) is 0 Å². The molecule has 106 valence electrons. The molecular formula is C17H26BrN. The van der Waals surface area contributed by atoms with Gasteiger partial charge in [0.1, 0.15) is 0 Å². The Morgan fingerprint density at radius 3 is 1.89 bits per heavy atom. The van der Waals surface area contributed by atoms with Gasteiger partial charge in [-0.2, -0.15) is 0 Å². The van der Waals surface area contributed by atoms with Crippen LogP contribution in [0.15, 0.2) is 24.3 Å². The first-order valence-electron chi connectivity index (χ1n) is 7.75. The van der Waals surface area contributed by atoms with Crippen molar-refractivity contribution in [2.45, 2.75) is 58.0 Å². The second-order valence-corrected chi connectivity index (χ2v) is 6.44. The van der Waals surface area contributed by atoms with Crippen molar-refractivity contribution in [1.29, 1.82) is 0 Å². The third-order valence-electron chi connectivity index (χ3n) is 4.01. The number of hydrogen-bond donors (Lipinski definition) is 0. The number of nitrogens with zero attached hydrogens (tertiary/aromatic N) is 1. The topological polar surface area (TPSA) is 3.24 Å². The van der Waals surface area contributed by atoms with Gasteiger partial charge in [-0.05, 0) is 30.5 Å². The summed E-state index contributed by atoms with van der Waals surface area (Å²) in [7, 11) is 0. The van der Waals surface area contributed by atoms with E-state index in [1.54, 1.807) is 0 Å². The van der Waals surface area contributed by atoms with Crippen molar-refractivity contribution < 1.29 is 0 Å². The maximum Gasteiger partial charge on any atom is 0.0240 e. The number of alkyl halides is 1. The molecule has 0 radical (unpaired) electrons. The normalized spacial score (nSPS) is 14.8. The Labute approximate surface area is 126 Å². The maximum absolute atomic E-state index is 3.49. The molecule has 1 aromatic carbocycles. The van der Waals surface area contributed by atoms with E-state index < -0.39 is 0 Å². The molecule has 0 aliphatic carbocycles. The monoisotopic (exact) mass is 323 g/mol. The number of halogens is 1. The highest BCUT2D eigenvalue weighted by molar-refractivity contribution is 9.09. The molecule has 2 heteroatoms. The molecule has 0 aromatic heterocycles. The van der Waals surface area contributed by atoms with E-state index in [9.17, 15) is 0 Å². The molecule has 0 saturated carbocycles. The van der Waals surface area contributed by atoms with E-state index in [1.165, 1.54) is 81.0 Å².